The van der Waals surface area contributed by atoms with Crippen molar-refractivity contribution in [3.05, 3.63) is 35.4 Å². The van der Waals surface area contributed by atoms with Crippen molar-refractivity contribution in [2.75, 3.05) is 11.9 Å². The zero-order valence-corrected chi connectivity index (χ0v) is 13.3. The first-order valence-electron chi connectivity index (χ1n) is 7.74. The van der Waals surface area contributed by atoms with Gasteiger partial charge in [-0.25, -0.2) is 0 Å². The van der Waals surface area contributed by atoms with Crippen LogP contribution in [0.3, 0.4) is 0 Å². The van der Waals surface area contributed by atoms with E-state index in [0.29, 0.717) is 28.7 Å². The monoisotopic (exact) mass is 322 g/mol. The van der Waals surface area contributed by atoms with Crippen LogP contribution in [0.25, 0.3) is 11.3 Å². The average Bonchev–Trinajstić information content (AvgIpc) is 3.38. The number of anilines is 1. The molecule has 0 spiro atoms. The van der Waals surface area contributed by atoms with Crippen LogP contribution in [-0.2, 0) is 4.79 Å². The van der Waals surface area contributed by atoms with Crippen LogP contribution in [-0.4, -0.2) is 33.8 Å². The third-order valence-corrected chi connectivity index (χ3v) is 3.80. The Hall–Kier alpha value is -2.91. The minimum absolute atomic E-state index is 0.0493. The van der Waals surface area contributed by atoms with Gasteiger partial charge in [-0.15, -0.1) is 16.6 Å². The molecule has 1 fully saturated rings. The van der Waals surface area contributed by atoms with Crippen LogP contribution < -0.4 is 10.6 Å². The number of nitrogens with one attached hydrogen (secondary N) is 2. The van der Waals surface area contributed by atoms with Gasteiger partial charge in [-0.3, -0.25) is 4.79 Å². The molecule has 2 aromatic rings. The quantitative estimate of drug-likeness (QED) is 0.731. The Morgan fingerprint density at radius 1 is 1.38 bits per heavy atom. The van der Waals surface area contributed by atoms with Gasteiger partial charge < -0.3 is 15.7 Å². The summed E-state index contributed by atoms with van der Waals surface area (Å²) >= 11 is 0. The summed E-state index contributed by atoms with van der Waals surface area (Å²) in [6.07, 6.45) is 7.57. The fraction of sp³-hybridized carbons (Fsp3) is 0.278. The SMILES string of the molecule is C#Cc1ccc(-c2nnc(NC(=O)CNC3CC3)cc2C)c(O)c1. The second-order valence-electron chi connectivity index (χ2n) is 5.84. The predicted molar refractivity (Wildman–Crippen MR) is 91.5 cm³/mol. The van der Waals surface area contributed by atoms with E-state index in [4.69, 9.17) is 6.42 Å². The van der Waals surface area contributed by atoms with E-state index in [-0.39, 0.29) is 18.2 Å². The number of benzene rings is 1. The number of hydrogen-bond acceptors (Lipinski definition) is 5. The minimum Gasteiger partial charge on any atom is -0.507 e. The maximum Gasteiger partial charge on any atom is 0.239 e. The molecule has 0 aliphatic heterocycles. The summed E-state index contributed by atoms with van der Waals surface area (Å²) < 4.78 is 0. The van der Waals surface area contributed by atoms with Crippen LogP contribution in [0.1, 0.15) is 24.0 Å². The number of phenolic OH excluding ortho intramolecular Hbond substituents is 1. The van der Waals surface area contributed by atoms with Gasteiger partial charge >= 0.3 is 0 Å². The fourth-order valence-corrected chi connectivity index (χ4v) is 2.35. The second kappa shape index (κ2) is 6.69. The number of nitrogens with zero attached hydrogens (tertiary/aromatic N) is 2. The van der Waals surface area contributed by atoms with Gasteiger partial charge in [0.15, 0.2) is 5.82 Å². The fourth-order valence-electron chi connectivity index (χ4n) is 2.35. The number of amides is 1. The third kappa shape index (κ3) is 3.70. The van der Waals surface area contributed by atoms with E-state index in [2.05, 4.69) is 26.8 Å². The van der Waals surface area contributed by atoms with Gasteiger partial charge in [-0.1, -0.05) is 5.92 Å². The highest BCUT2D eigenvalue weighted by Gasteiger charge is 2.21. The number of hydrogen-bond donors (Lipinski definition) is 3. The van der Waals surface area contributed by atoms with E-state index in [0.717, 1.165) is 18.4 Å². The molecule has 3 rings (SSSR count). The largest absolute Gasteiger partial charge is 0.507 e. The molecule has 1 aliphatic rings. The van der Waals surface area contributed by atoms with Crippen molar-refractivity contribution in [1.82, 2.24) is 15.5 Å². The number of terminal acetylenes is 1. The molecule has 1 aromatic carbocycles. The van der Waals surface area contributed by atoms with E-state index < -0.39 is 0 Å². The summed E-state index contributed by atoms with van der Waals surface area (Å²) in [6, 6.07) is 7.15. The Balaban J connectivity index is 1.74. The standard InChI is InChI=1S/C18H18N4O2/c1-3-12-4-7-14(15(23)9-12)18-11(2)8-16(21-22-18)20-17(24)10-19-13-5-6-13/h1,4,7-9,13,19,23H,5-6,10H2,2H3,(H,20,21,24). The van der Waals surface area contributed by atoms with Crippen LogP contribution in [0.4, 0.5) is 5.82 Å². The van der Waals surface area contributed by atoms with E-state index >= 15 is 0 Å². The Morgan fingerprint density at radius 2 is 2.17 bits per heavy atom. The topological polar surface area (TPSA) is 87.1 Å². The average molecular weight is 322 g/mol. The molecule has 1 aliphatic carbocycles. The highest BCUT2D eigenvalue weighted by atomic mass is 16.3. The normalized spacial score (nSPS) is 13.3. The second-order valence-corrected chi connectivity index (χ2v) is 5.84. The predicted octanol–water partition coefficient (Wildman–Crippen LogP) is 1.83. The van der Waals surface area contributed by atoms with E-state index in [1.54, 1.807) is 18.2 Å². The maximum atomic E-state index is 11.8. The number of phenols is 1. The van der Waals surface area contributed by atoms with Gasteiger partial charge in [0.05, 0.1) is 12.2 Å². The van der Waals surface area contributed by atoms with Crippen molar-refractivity contribution in [2.45, 2.75) is 25.8 Å². The Kier molecular flexibility index (Phi) is 4.45. The molecule has 0 radical (unpaired) electrons. The molecule has 0 bridgehead atoms. The highest BCUT2D eigenvalue weighted by molar-refractivity contribution is 5.91. The summed E-state index contributed by atoms with van der Waals surface area (Å²) in [5.74, 6) is 2.75. The van der Waals surface area contributed by atoms with Gasteiger partial charge in [-0.2, -0.15) is 0 Å². The zero-order chi connectivity index (χ0) is 17.1. The van der Waals surface area contributed by atoms with Crippen molar-refractivity contribution in [3.63, 3.8) is 0 Å². The highest BCUT2D eigenvalue weighted by Crippen LogP contribution is 2.30. The number of carbonyl (C=O) groups excluding carboxylic acids is 1. The molecule has 6 nitrogen and oxygen atoms in total. The van der Waals surface area contributed by atoms with E-state index in [9.17, 15) is 9.90 Å². The molecular formula is C18H18N4O2. The van der Waals surface area contributed by atoms with Gasteiger partial charge in [0.2, 0.25) is 5.91 Å². The lowest BCUT2D eigenvalue weighted by Gasteiger charge is -2.09. The van der Waals surface area contributed by atoms with Crippen LogP contribution in [0.5, 0.6) is 5.75 Å². The summed E-state index contributed by atoms with van der Waals surface area (Å²) in [4.78, 5) is 11.8. The molecule has 24 heavy (non-hydrogen) atoms. The molecule has 3 N–H and O–H groups in total. The number of rotatable bonds is 5. The first-order chi connectivity index (χ1) is 11.6. The lowest BCUT2D eigenvalue weighted by molar-refractivity contribution is -0.115. The van der Waals surface area contributed by atoms with Crippen molar-refractivity contribution in [2.24, 2.45) is 0 Å². The van der Waals surface area contributed by atoms with Crippen molar-refractivity contribution in [1.29, 1.82) is 0 Å². The number of aromatic hydroxyl groups is 1. The molecule has 1 heterocycles. The molecule has 1 amide bonds. The van der Waals surface area contributed by atoms with Crippen LogP contribution in [0, 0.1) is 19.3 Å². The van der Waals surface area contributed by atoms with Gasteiger partial charge in [0.1, 0.15) is 5.75 Å². The summed E-state index contributed by atoms with van der Waals surface area (Å²) in [6.45, 7) is 2.11. The molecular weight excluding hydrogens is 304 g/mol. The van der Waals surface area contributed by atoms with Gasteiger partial charge in [-0.05, 0) is 49.6 Å². The molecule has 122 valence electrons. The zero-order valence-electron chi connectivity index (χ0n) is 13.3. The van der Waals surface area contributed by atoms with Crippen LogP contribution >= 0.6 is 0 Å². The van der Waals surface area contributed by atoms with E-state index in [1.165, 1.54) is 6.07 Å². The minimum atomic E-state index is -0.149. The molecule has 1 saturated carbocycles. The smallest absolute Gasteiger partial charge is 0.239 e. The maximum absolute atomic E-state index is 11.8. The first kappa shape index (κ1) is 16.0. The molecule has 6 heteroatoms. The summed E-state index contributed by atoms with van der Waals surface area (Å²) in [7, 11) is 0. The van der Waals surface area contributed by atoms with Crippen molar-refractivity contribution < 1.29 is 9.90 Å². The lowest BCUT2D eigenvalue weighted by atomic mass is 10.0. The lowest BCUT2D eigenvalue weighted by Crippen LogP contribution is -2.29. The first-order valence-corrected chi connectivity index (χ1v) is 7.74. The molecule has 0 unspecified atom stereocenters. The van der Waals surface area contributed by atoms with Crippen molar-refractivity contribution in [3.8, 4) is 29.4 Å². The van der Waals surface area contributed by atoms with Crippen molar-refractivity contribution >= 4 is 11.7 Å². The number of aryl methyl sites for hydroxylation is 1. The Labute approximate surface area is 140 Å². The van der Waals surface area contributed by atoms with Gasteiger partial charge in [0, 0.05) is 17.2 Å². The van der Waals surface area contributed by atoms with E-state index in [1.807, 2.05) is 6.92 Å². The summed E-state index contributed by atoms with van der Waals surface area (Å²) in [5, 5.41) is 24.1. The molecule has 1 aromatic heterocycles. The Bertz CT molecular complexity index is 822. The summed E-state index contributed by atoms with van der Waals surface area (Å²) in [5.41, 5.74) is 2.48. The third-order valence-electron chi connectivity index (χ3n) is 3.80. The number of aromatic nitrogens is 2. The van der Waals surface area contributed by atoms with Crippen LogP contribution in [0.2, 0.25) is 0 Å². The Morgan fingerprint density at radius 3 is 2.79 bits per heavy atom. The number of carbonyl (C=O) groups is 1. The van der Waals surface area contributed by atoms with Gasteiger partial charge in [0.25, 0.3) is 0 Å². The van der Waals surface area contributed by atoms with Crippen LogP contribution in [0.15, 0.2) is 24.3 Å². The molecule has 0 atom stereocenters. The molecule has 0 saturated heterocycles.